The van der Waals surface area contributed by atoms with Gasteiger partial charge in [0.1, 0.15) is 5.75 Å². The first kappa shape index (κ1) is 11.8. The van der Waals surface area contributed by atoms with Crippen LogP contribution in [0.1, 0.15) is 25.7 Å². The van der Waals surface area contributed by atoms with Crippen molar-refractivity contribution in [2.75, 3.05) is 7.11 Å². The Morgan fingerprint density at radius 3 is 2.89 bits per heavy atom. The number of H-pyrrole nitrogens is 1. The van der Waals surface area contributed by atoms with Crippen molar-refractivity contribution in [3.63, 3.8) is 0 Å². The highest BCUT2D eigenvalue weighted by Crippen LogP contribution is 2.28. The van der Waals surface area contributed by atoms with Gasteiger partial charge in [0.15, 0.2) is 4.77 Å². The van der Waals surface area contributed by atoms with Crippen molar-refractivity contribution in [2.45, 2.75) is 32.2 Å². The van der Waals surface area contributed by atoms with Gasteiger partial charge in [0.2, 0.25) is 0 Å². The molecular weight excluding hydrogens is 244 g/mol. The molecule has 3 rings (SSSR count). The van der Waals surface area contributed by atoms with Crippen LogP contribution in [-0.4, -0.2) is 16.7 Å². The van der Waals surface area contributed by atoms with Crippen molar-refractivity contribution in [2.24, 2.45) is 5.92 Å². The Balaban J connectivity index is 2.00. The monoisotopic (exact) mass is 262 g/mol. The molecular formula is C14H18N2OS. The smallest absolute Gasteiger partial charge is 0.178 e. The van der Waals surface area contributed by atoms with Crippen LogP contribution in [0, 0.1) is 10.7 Å². The molecule has 0 atom stereocenters. The molecule has 1 fully saturated rings. The Kier molecular flexibility index (Phi) is 3.12. The van der Waals surface area contributed by atoms with Crippen LogP contribution in [0.5, 0.6) is 5.75 Å². The van der Waals surface area contributed by atoms with Gasteiger partial charge < -0.3 is 14.3 Å². The molecule has 1 aliphatic carbocycles. The number of hydrogen-bond donors (Lipinski definition) is 1. The largest absolute Gasteiger partial charge is 0.497 e. The number of aromatic amines is 1. The lowest BCUT2D eigenvalue weighted by Gasteiger charge is -2.11. The summed E-state index contributed by atoms with van der Waals surface area (Å²) < 4.78 is 8.30. The standard InChI is InChI=1S/C14H18N2OS/c1-17-11-6-7-13-12(8-11)15-14(18)16(13)9-10-4-2-3-5-10/h6-8,10H,2-5,9H2,1H3,(H,15,18). The van der Waals surface area contributed by atoms with E-state index in [0.717, 1.165) is 28.5 Å². The van der Waals surface area contributed by atoms with Gasteiger partial charge in [-0.3, -0.25) is 0 Å². The second-order valence-corrected chi connectivity index (χ2v) is 5.46. The van der Waals surface area contributed by atoms with Crippen LogP contribution in [0.25, 0.3) is 11.0 Å². The highest BCUT2D eigenvalue weighted by atomic mass is 32.1. The summed E-state index contributed by atoms with van der Waals surface area (Å²) in [7, 11) is 1.69. The Morgan fingerprint density at radius 1 is 1.39 bits per heavy atom. The number of fused-ring (bicyclic) bond motifs is 1. The lowest BCUT2D eigenvalue weighted by molar-refractivity contribution is 0.415. The number of nitrogens with one attached hydrogen (secondary N) is 1. The number of aromatic nitrogens is 2. The fourth-order valence-electron chi connectivity index (χ4n) is 2.90. The van der Waals surface area contributed by atoms with Crippen molar-refractivity contribution >= 4 is 23.3 Å². The molecule has 18 heavy (non-hydrogen) atoms. The third kappa shape index (κ3) is 2.05. The number of hydrogen-bond acceptors (Lipinski definition) is 2. The van der Waals surface area contributed by atoms with E-state index in [1.54, 1.807) is 7.11 Å². The van der Waals surface area contributed by atoms with Crippen LogP contribution in [0.15, 0.2) is 18.2 Å². The molecule has 0 spiro atoms. The Labute approximate surface area is 112 Å². The van der Waals surface area contributed by atoms with Gasteiger partial charge in [0.25, 0.3) is 0 Å². The first-order valence-electron chi connectivity index (χ1n) is 6.54. The summed E-state index contributed by atoms with van der Waals surface area (Å²) in [5.74, 6) is 1.66. The maximum atomic E-state index is 5.43. The van der Waals surface area contributed by atoms with E-state index < -0.39 is 0 Å². The SMILES string of the molecule is COc1ccc2c(c1)[nH]c(=S)n2CC1CCCC1. The molecule has 0 bridgehead atoms. The zero-order valence-electron chi connectivity index (χ0n) is 10.6. The Hall–Kier alpha value is -1.29. The third-order valence-electron chi connectivity index (χ3n) is 3.90. The number of imidazole rings is 1. The number of methoxy groups -OCH3 is 1. The lowest BCUT2D eigenvalue weighted by atomic mass is 10.1. The van der Waals surface area contributed by atoms with Gasteiger partial charge in [-0.25, -0.2) is 0 Å². The molecule has 1 aromatic carbocycles. The van der Waals surface area contributed by atoms with Crippen LogP contribution < -0.4 is 4.74 Å². The molecule has 1 N–H and O–H groups in total. The first-order valence-corrected chi connectivity index (χ1v) is 6.95. The van der Waals surface area contributed by atoms with Crippen molar-refractivity contribution in [3.8, 4) is 5.75 Å². The number of rotatable bonds is 3. The minimum atomic E-state index is 0.790. The number of benzene rings is 1. The van der Waals surface area contributed by atoms with Gasteiger partial charge in [-0.15, -0.1) is 0 Å². The van der Waals surface area contributed by atoms with Gasteiger partial charge in [0, 0.05) is 12.6 Å². The predicted octanol–water partition coefficient (Wildman–Crippen LogP) is 3.90. The molecule has 1 saturated carbocycles. The second kappa shape index (κ2) is 4.76. The maximum Gasteiger partial charge on any atom is 0.178 e. The van der Waals surface area contributed by atoms with E-state index >= 15 is 0 Å². The van der Waals surface area contributed by atoms with E-state index in [2.05, 4.69) is 15.6 Å². The molecule has 1 aliphatic rings. The summed E-state index contributed by atoms with van der Waals surface area (Å²) in [5, 5.41) is 0. The van der Waals surface area contributed by atoms with E-state index in [1.807, 2.05) is 12.1 Å². The van der Waals surface area contributed by atoms with Gasteiger partial charge in [-0.2, -0.15) is 0 Å². The highest BCUT2D eigenvalue weighted by molar-refractivity contribution is 7.71. The minimum Gasteiger partial charge on any atom is -0.497 e. The topological polar surface area (TPSA) is 29.9 Å². The summed E-state index contributed by atoms with van der Waals surface area (Å²) in [5.41, 5.74) is 2.25. The molecule has 96 valence electrons. The normalized spacial score (nSPS) is 16.5. The van der Waals surface area contributed by atoms with Gasteiger partial charge >= 0.3 is 0 Å². The van der Waals surface area contributed by atoms with E-state index in [4.69, 9.17) is 17.0 Å². The Bertz CT molecular complexity index is 608. The zero-order valence-corrected chi connectivity index (χ0v) is 11.4. The fraction of sp³-hybridized carbons (Fsp3) is 0.500. The summed E-state index contributed by atoms with van der Waals surface area (Å²) in [6.45, 7) is 1.05. The average Bonchev–Trinajstić information content (AvgIpc) is 2.98. The van der Waals surface area contributed by atoms with Gasteiger partial charge in [-0.05, 0) is 43.1 Å². The highest BCUT2D eigenvalue weighted by Gasteiger charge is 2.17. The molecule has 1 heterocycles. The summed E-state index contributed by atoms with van der Waals surface area (Å²) in [4.78, 5) is 3.27. The Morgan fingerprint density at radius 2 is 2.17 bits per heavy atom. The van der Waals surface area contributed by atoms with Crippen LogP contribution >= 0.6 is 12.2 Å². The molecule has 3 nitrogen and oxygen atoms in total. The molecule has 1 aromatic heterocycles. The van der Waals surface area contributed by atoms with Gasteiger partial charge in [0.05, 0.1) is 18.1 Å². The second-order valence-electron chi connectivity index (χ2n) is 5.07. The van der Waals surface area contributed by atoms with E-state index in [0.29, 0.717) is 0 Å². The van der Waals surface area contributed by atoms with Crippen molar-refractivity contribution in [1.29, 1.82) is 0 Å². The molecule has 0 unspecified atom stereocenters. The average molecular weight is 262 g/mol. The third-order valence-corrected chi connectivity index (χ3v) is 4.22. The predicted molar refractivity (Wildman–Crippen MR) is 75.6 cm³/mol. The first-order chi connectivity index (χ1) is 8.78. The molecule has 0 aliphatic heterocycles. The summed E-state index contributed by atoms with van der Waals surface area (Å²) >= 11 is 5.43. The zero-order chi connectivity index (χ0) is 12.5. The number of ether oxygens (including phenoxy) is 1. The van der Waals surface area contributed by atoms with Gasteiger partial charge in [-0.1, -0.05) is 12.8 Å². The molecule has 4 heteroatoms. The quantitative estimate of drug-likeness (QED) is 0.850. The summed E-state index contributed by atoms with van der Waals surface area (Å²) in [6.07, 6.45) is 5.41. The van der Waals surface area contributed by atoms with Crippen molar-refractivity contribution < 1.29 is 4.74 Å². The molecule has 0 saturated heterocycles. The van der Waals surface area contributed by atoms with Crippen LogP contribution in [0.3, 0.4) is 0 Å². The minimum absolute atomic E-state index is 0.790. The lowest BCUT2D eigenvalue weighted by Crippen LogP contribution is -2.07. The van der Waals surface area contributed by atoms with Crippen molar-refractivity contribution in [1.82, 2.24) is 9.55 Å². The summed E-state index contributed by atoms with van der Waals surface area (Å²) in [6, 6.07) is 6.10. The van der Waals surface area contributed by atoms with Crippen LogP contribution in [0.4, 0.5) is 0 Å². The van der Waals surface area contributed by atoms with E-state index in [1.165, 1.54) is 31.2 Å². The maximum absolute atomic E-state index is 5.43. The molecule has 2 aromatic rings. The fourth-order valence-corrected chi connectivity index (χ4v) is 3.18. The van der Waals surface area contributed by atoms with Crippen LogP contribution in [-0.2, 0) is 6.54 Å². The van der Waals surface area contributed by atoms with E-state index in [9.17, 15) is 0 Å². The van der Waals surface area contributed by atoms with Crippen LogP contribution in [0.2, 0.25) is 0 Å². The number of nitrogens with zero attached hydrogens (tertiary/aromatic N) is 1. The molecule has 0 amide bonds. The van der Waals surface area contributed by atoms with Crippen molar-refractivity contribution in [3.05, 3.63) is 23.0 Å². The van der Waals surface area contributed by atoms with E-state index in [-0.39, 0.29) is 0 Å². The molecule has 0 radical (unpaired) electrons.